The standard InChI is InChI=1S/C11H9BrN2O2/c1-16-9-2-3-10(12)7(5-9)4-8(6-13)11(14)15/h2-5H,1H3,(H2,14,15)/b8-4+. The third kappa shape index (κ3) is 2.84. The molecule has 4 nitrogen and oxygen atoms in total. The third-order valence-electron chi connectivity index (χ3n) is 1.89. The van der Waals surface area contributed by atoms with E-state index in [0.29, 0.717) is 11.3 Å². The van der Waals surface area contributed by atoms with Crippen LogP contribution in [-0.4, -0.2) is 13.0 Å². The molecular formula is C11H9BrN2O2. The Morgan fingerprint density at radius 2 is 2.31 bits per heavy atom. The number of benzene rings is 1. The van der Waals surface area contributed by atoms with Gasteiger partial charge >= 0.3 is 0 Å². The van der Waals surface area contributed by atoms with Gasteiger partial charge in [0.15, 0.2) is 0 Å². The van der Waals surface area contributed by atoms with Gasteiger partial charge in [-0.2, -0.15) is 5.26 Å². The summed E-state index contributed by atoms with van der Waals surface area (Å²) in [4.78, 5) is 10.9. The van der Waals surface area contributed by atoms with Gasteiger partial charge in [-0.1, -0.05) is 15.9 Å². The molecule has 82 valence electrons. The Kier molecular flexibility index (Phi) is 4.09. The predicted octanol–water partition coefficient (Wildman–Crippen LogP) is 1.85. The second kappa shape index (κ2) is 5.33. The third-order valence-corrected chi connectivity index (χ3v) is 2.61. The normalized spacial score (nSPS) is 10.7. The number of carbonyl (C=O) groups excluding carboxylic acids is 1. The van der Waals surface area contributed by atoms with E-state index in [9.17, 15) is 4.79 Å². The number of nitrogens with two attached hydrogens (primary N) is 1. The number of halogens is 1. The summed E-state index contributed by atoms with van der Waals surface area (Å²) in [5.41, 5.74) is 5.60. The summed E-state index contributed by atoms with van der Waals surface area (Å²) in [6.45, 7) is 0. The Labute approximate surface area is 101 Å². The number of rotatable bonds is 3. The van der Waals surface area contributed by atoms with Crippen LogP contribution in [0, 0.1) is 11.3 Å². The van der Waals surface area contributed by atoms with Gasteiger partial charge in [0.2, 0.25) is 0 Å². The average Bonchev–Trinajstić information content (AvgIpc) is 2.27. The molecule has 0 aliphatic rings. The van der Waals surface area contributed by atoms with Crippen molar-refractivity contribution >= 4 is 27.9 Å². The van der Waals surface area contributed by atoms with Gasteiger partial charge in [-0.15, -0.1) is 0 Å². The predicted molar refractivity (Wildman–Crippen MR) is 63.5 cm³/mol. The van der Waals surface area contributed by atoms with Crippen LogP contribution < -0.4 is 10.5 Å². The van der Waals surface area contributed by atoms with Gasteiger partial charge in [-0.05, 0) is 29.8 Å². The van der Waals surface area contributed by atoms with E-state index in [0.717, 1.165) is 4.47 Å². The number of ether oxygens (including phenoxy) is 1. The Hall–Kier alpha value is -1.80. The first-order valence-corrected chi connectivity index (χ1v) is 5.13. The van der Waals surface area contributed by atoms with E-state index in [1.54, 1.807) is 24.3 Å². The fourth-order valence-electron chi connectivity index (χ4n) is 1.07. The molecule has 16 heavy (non-hydrogen) atoms. The highest BCUT2D eigenvalue weighted by molar-refractivity contribution is 9.10. The van der Waals surface area contributed by atoms with E-state index in [1.165, 1.54) is 13.2 Å². The molecule has 0 spiro atoms. The molecule has 0 unspecified atom stereocenters. The molecule has 2 N–H and O–H groups in total. The van der Waals surface area contributed by atoms with Crippen molar-refractivity contribution in [2.75, 3.05) is 7.11 Å². The van der Waals surface area contributed by atoms with Crippen LogP contribution in [0.2, 0.25) is 0 Å². The smallest absolute Gasteiger partial charge is 0.259 e. The number of methoxy groups -OCH3 is 1. The van der Waals surface area contributed by atoms with Crippen LogP contribution in [0.1, 0.15) is 5.56 Å². The number of carbonyl (C=O) groups is 1. The first-order valence-electron chi connectivity index (χ1n) is 4.33. The summed E-state index contributed by atoms with van der Waals surface area (Å²) in [5.74, 6) is -0.117. The number of nitrogens with zero attached hydrogens (tertiary/aromatic N) is 1. The van der Waals surface area contributed by atoms with E-state index in [-0.39, 0.29) is 5.57 Å². The molecule has 1 amide bonds. The molecule has 0 atom stereocenters. The molecule has 0 aliphatic carbocycles. The topological polar surface area (TPSA) is 76.1 Å². The van der Waals surface area contributed by atoms with Crippen molar-refractivity contribution < 1.29 is 9.53 Å². The largest absolute Gasteiger partial charge is 0.497 e. The summed E-state index contributed by atoms with van der Waals surface area (Å²) in [5, 5.41) is 8.71. The number of primary amides is 1. The Balaban J connectivity index is 3.23. The molecule has 0 aliphatic heterocycles. The molecule has 0 fully saturated rings. The van der Waals surface area contributed by atoms with Crippen molar-refractivity contribution in [3.63, 3.8) is 0 Å². The Morgan fingerprint density at radius 3 is 2.81 bits per heavy atom. The van der Waals surface area contributed by atoms with Crippen molar-refractivity contribution in [2.45, 2.75) is 0 Å². The number of hydrogen-bond donors (Lipinski definition) is 1. The monoisotopic (exact) mass is 280 g/mol. The van der Waals surface area contributed by atoms with Gasteiger partial charge in [-0.3, -0.25) is 4.79 Å². The minimum atomic E-state index is -0.753. The Bertz CT molecular complexity index is 489. The van der Waals surface area contributed by atoms with Gasteiger partial charge in [-0.25, -0.2) is 0 Å². The summed E-state index contributed by atoms with van der Waals surface area (Å²) < 4.78 is 5.79. The molecule has 0 bridgehead atoms. The fourth-order valence-corrected chi connectivity index (χ4v) is 1.43. The van der Waals surface area contributed by atoms with E-state index in [4.69, 9.17) is 15.7 Å². The molecule has 0 heterocycles. The second-order valence-electron chi connectivity index (χ2n) is 2.92. The molecule has 0 radical (unpaired) electrons. The molecule has 1 aromatic carbocycles. The van der Waals surface area contributed by atoms with Gasteiger partial charge in [0.25, 0.3) is 5.91 Å². The SMILES string of the molecule is COc1ccc(Br)c(/C=C(\C#N)C(N)=O)c1. The minimum absolute atomic E-state index is 0.103. The van der Waals surface area contributed by atoms with E-state index >= 15 is 0 Å². The lowest BCUT2D eigenvalue weighted by molar-refractivity contribution is -0.114. The molecule has 0 saturated heterocycles. The summed E-state index contributed by atoms with van der Waals surface area (Å²) >= 11 is 3.30. The first kappa shape index (κ1) is 12.3. The first-order chi connectivity index (χ1) is 7.58. The molecule has 1 aromatic rings. The highest BCUT2D eigenvalue weighted by Crippen LogP contribution is 2.24. The van der Waals surface area contributed by atoms with Crippen molar-refractivity contribution in [3.05, 3.63) is 33.8 Å². The highest BCUT2D eigenvalue weighted by Gasteiger charge is 2.06. The highest BCUT2D eigenvalue weighted by atomic mass is 79.9. The van der Waals surface area contributed by atoms with Gasteiger partial charge in [0, 0.05) is 4.47 Å². The van der Waals surface area contributed by atoms with Crippen molar-refractivity contribution in [2.24, 2.45) is 5.73 Å². The number of hydrogen-bond acceptors (Lipinski definition) is 3. The molecule has 5 heteroatoms. The van der Waals surface area contributed by atoms with E-state index in [1.807, 2.05) is 0 Å². The quantitative estimate of drug-likeness (QED) is 0.678. The van der Waals surface area contributed by atoms with Crippen molar-refractivity contribution in [1.29, 1.82) is 5.26 Å². The van der Waals surface area contributed by atoms with E-state index in [2.05, 4.69) is 15.9 Å². The van der Waals surface area contributed by atoms with Gasteiger partial charge in [0.1, 0.15) is 17.4 Å². The van der Waals surface area contributed by atoms with Crippen LogP contribution in [0.4, 0.5) is 0 Å². The molecule has 1 rings (SSSR count). The lowest BCUT2D eigenvalue weighted by Crippen LogP contribution is -2.12. The second-order valence-corrected chi connectivity index (χ2v) is 3.78. The fraction of sp³-hybridized carbons (Fsp3) is 0.0909. The lowest BCUT2D eigenvalue weighted by Gasteiger charge is -2.03. The maximum absolute atomic E-state index is 10.9. The lowest BCUT2D eigenvalue weighted by atomic mass is 10.1. The summed E-state index contributed by atoms with van der Waals surface area (Å²) in [6.07, 6.45) is 1.41. The van der Waals surface area contributed by atoms with Crippen LogP contribution in [0.3, 0.4) is 0 Å². The van der Waals surface area contributed by atoms with Crippen LogP contribution in [-0.2, 0) is 4.79 Å². The van der Waals surface area contributed by atoms with Crippen LogP contribution in [0.5, 0.6) is 5.75 Å². The molecule has 0 aromatic heterocycles. The average molecular weight is 281 g/mol. The zero-order valence-electron chi connectivity index (χ0n) is 8.53. The van der Waals surface area contributed by atoms with Gasteiger partial charge in [0.05, 0.1) is 7.11 Å². The maximum Gasteiger partial charge on any atom is 0.259 e. The minimum Gasteiger partial charge on any atom is -0.497 e. The van der Waals surface area contributed by atoms with Crippen LogP contribution in [0.15, 0.2) is 28.2 Å². The van der Waals surface area contributed by atoms with Crippen LogP contribution >= 0.6 is 15.9 Å². The summed E-state index contributed by atoms with van der Waals surface area (Å²) in [6, 6.07) is 6.96. The van der Waals surface area contributed by atoms with Crippen molar-refractivity contribution in [1.82, 2.24) is 0 Å². The Morgan fingerprint density at radius 1 is 1.62 bits per heavy atom. The zero-order chi connectivity index (χ0) is 12.1. The van der Waals surface area contributed by atoms with Crippen LogP contribution in [0.25, 0.3) is 6.08 Å². The van der Waals surface area contributed by atoms with E-state index < -0.39 is 5.91 Å². The zero-order valence-corrected chi connectivity index (χ0v) is 10.1. The molecule has 0 saturated carbocycles. The maximum atomic E-state index is 10.9. The number of nitriles is 1. The summed E-state index contributed by atoms with van der Waals surface area (Å²) in [7, 11) is 1.54. The van der Waals surface area contributed by atoms with Crippen molar-refractivity contribution in [3.8, 4) is 11.8 Å². The number of amides is 1. The van der Waals surface area contributed by atoms with Gasteiger partial charge < -0.3 is 10.5 Å². The molecular weight excluding hydrogens is 272 g/mol.